The first-order chi connectivity index (χ1) is 10.0. The molecule has 1 aliphatic heterocycles. The molecule has 6 heteroatoms. The molecule has 2 N–H and O–H groups in total. The maximum absolute atomic E-state index is 11.5. The Kier molecular flexibility index (Phi) is 3.16. The fraction of sp³-hybridized carbons (Fsp3) is 0.400. The van der Waals surface area contributed by atoms with E-state index in [1.54, 1.807) is 29.2 Å². The Morgan fingerprint density at radius 3 is 2.10 bits per heavy atom. The third-order valence-corrected chi connectivity index (χ3v) is 4.35. The van der Waals surface area contributed by atoms with Crippen LogP contribution in [-0.4, -0.2) is 36.0 Å². The first-order valence-corrected chi connectivity index (χ1v) is 6.93. The number of nitrogens with zero attached hydrogens (tertiary/aromatic N) is 1. The lowest BCUT2D eigenvalue weighted by atomic mass is 9.64. The number of carboxylic acids is 1. The minimum Gasteiger partial charge on any atom is -0.481 e. The number of anilines is 1. The second-order valence-corrected chi connectivity index (χ2v) is 5.62. The molecule has 0 aromatic heterocycles. The number of carbonyl (C=O) groups excluding carboxylic acids is 2. The van der Waals surface area contributed by atoms with Gasteiger partial charge in [-0.1, -0.05) is 18.6 Å². The summed E-state index contributed by atoms with van der Waals surface area (Å²) in [4.78, 5) is 35.9. The predicted molar refractivity (Wildman–Crippen MR) is 75.0 cm³/mol. The number of rotatable bonds is 3. The molecule has 1 saturated carbocycles. The van der Waals surface area contributed by atoms with Crippen LogP contribution >= 0.6 is 0 Å². The van der Waals surface area contributed by atoms with Crippen molar-refractivity contribution < 1.29 is 19.5 Å². The second-order valence-electron chi connectivity index (χ2n) is 5.62. The second kappa shape index (κ2) is 4.87. The summed E-state index contributed by atoms with van der Waals surface area (Å²) in [5.74, 6) is -1.43. The topological polar surface area (TPSA) is 86.7 Å². The van der Waals surface area contributed by atoms with Crippen molar-refractivity contribution in [1.82, 2.24) is 5.32 Å². The maximum Gasteiger partial charge on any atom is 0.314 e. The van der Waals surface area contributed by atoms with Crippen molar-refractivity contribution in [3.8, 4) is 0 Å². The number of amides is 2. The zero-order chi connectivity index (χ0) is 15.0. The van der Waals surface area contributed by atoms with Crippen molar-refractivity contribution in [3.05, 3.63) is 29.8 Å². The summed E-state index contributed by atoms with van der Waals surface area (Å²) in [7, 11) is 0. The highest BCUT2D eigenvalue weighted by molar-refractivity contribution is 6.02. The highest BCUT2D eigenvalue weighted by atomic mass is 16.4. The lowest BCUT2D eigenvalue weighted by Crippen LogP contribution is -2.51. The Balaban J connectivity index is 1.83. The van der Waals surface area contributed by atoms with Gasteiger partial charge in [0.25, 0.3) is 0 Å². The van der Waals surface area contributed by atoms with Gasteiger partial charge in [-0.05, 0) is 30.5 Å². The Hall–Kier alpha value is -2.37. The standard InChI is InChI=1S/C15H16N2O4/c18-12-8-17(9-13(19)16-12)11-4-2-10(3-5-11)15(14(20)21)6-1-7-15/h2-5H,1,6-9H2,(H,20,21)(H,16,18,19). The minimum absolute atomic E-state index is 0.134. The molecular formula is C15H16N2O4. The lowest BCUT2D eigenvalue weighted by molar-refractivity contribution is -0.147. The third-order valence-electron chi connectivity index (χ3n) is 4.35. The van der Waals surface area contributed by atoms with Crippen LogP contribution in [0.5, 0.6) is 0 Å². The summed E-state index contributed by atoms with van der Waals surface area (Å²) < 4.78 is 0. The number of hydrogen-bond donors (Lipinski definition) is 2. The Labute approximate surface area is 121 Å². The van der Waals surface area contributed by atoms with Gasteiger partial charge in [-0.15, -0.1) is 0 Å². The normalized spacial score (nSPS) is 20.7. The Morgan fingerprint density at radius 1 is 1.10 bits per heavy atom. The molecule has 0 spiro atoms. The summed E-state index contributed by atoms with van der Waals surface area (Å²) in [6.07, 6.45) is 2.24. The van der Waals surface area contributed by atoms with E-state index in [2.05, 4.69) is 5.32 Å². The Bertz CT molecular complexity index is 589. The summed E-state index contributed by atoms with van der Waals surface area (Å²) in [5, 5.41) is 11.7. The van der Waals surface area contributed by atoms with E-state index in [1.165, 1.54) is 0 Å². The number of hydrogen-bond acceptors (Lipinski definition) is 4. The van der Waals surface area contributed by atoms with Crippen LogP contribution < -0.4 is 10.2 Å². The number of aliphatic carboxylic acids is 1. The molecule has 3 rings (SSSR count). The van der Waals surface area contributed by atoms with E-state index in [4.69, 9.17) is 0 Å². The van der Waals surface area contributed by atoms with Crippen LogP contribution in [0.4, 0.5) is 5.69 Å². The SMILES string of the molecule is O=C1CN(c2ccc(C3(C(=O)O)CCC3)cc2)CC(=O)N1. The number of carboxylic acid groups (broad SMARTS) is 1. The Morgan fingerprint density at radius 2 is 1.67 bits per heavy atom. The van der Waals surface area contributed by atoms with Gasteiger partial charge in [0, 0.05) is 5.69 Å². The summed E-state index contributed by atoms with van der Waals surface area (Å²) in [6, 6.07) is 7.15. The quantitative estimate of drug-likeness (QED) is 0.798. The van der Waals surface area contributed by atoms with Crippen molar-refractivity contribution in [3.63, 3.8) is 0 Å². The molecular weight excluding hydrogens is 272 g/mol. The zero-order valence-corrected chi connectivity index (χ0v) is 11.5. The highest BCUT2D eigenvalue weighted by Crippen LogP contribution is 2.44. The molecule has 2 amide bonds. The van der Waals surface area contributed by atoms with E-state index in [9.17, 15) is 19.5 Å². The molecule has 0 bridgehead atoms. The molecule has 1 aromatic carbocycles. The van der Waals surface area contributed by atoms with Gasteiger partial charge in [-0.25, -0.2) is 0 Å². The fourth-order valence-corrected chi connectivity index (χ4v) is 2.97. The molecule has 21 heavy (non-hydrogen) atoms. The monoisotopic (exact) mass is 288 g/mol. The number of carbonyl (C=O) groups is 3. The van der Waals surface area contributed by atoms with Gasteiger partial charge in [0.1, 0.15) is 0 Å². The average molecular weight is 288 g/mol. The van der Waals surface area contributed by atoms with Crippen LogP contribution in [0.15, 0.2) is 24.3 Å². The first kappa shape index (κ1) is 13.6. The van der Waals surface area contributed by atoms with Crippen molar-refractivity contribution >= 4 is 23.5 Å². The van der Waals surface area contributed by atoms with Crippen molar-refractivity contribution in [2.24, 2.45) is 0 Å². The lowest BCUT2D eigenvalue weighted by Gasteiger charge is -2.38. The number of benzene rings is 1. The molecule has 0 radical (unpaired) electrons. The van der Waals surface area contributed by atoms with Gasteiger partial charge in [0.05, 0.1) is 18.5 Å². The molecule has 0 unspecified atom stereocenters. The third kappa shape index (κ3) is 2.26. The minimum atomic E-state index is -0.783. The van der Waals surface area contributed by atoms with Crippen LogP contribution in [0.1, 0.15) is 24.8 Å². The van der Waals surface area contributed by atoms with E-state index in [0.29, 0.717) is 12.8 Å². The smallest absolute Gasteiger partial charge is 0.314 e. The predicted octanol–water partition coefficient (Wildman–Crippen LogP) is 0.656. The van der Waals surface area contributed by atoms with Crippen molar-refractivity contribution in [2.45, 2.75) is 24.7 Å². The first-order valence-electron chi connectivity index (χ1n) is 6.93. The van der Waals surface area contributed by atoms with Gasteiger partial charge < -0.3 is 10.0 Å². The van der Waals surface area contributed by atoms with Crippen LogP contribution in [0.3, 0.4) is 0 Å². The molecule has 1 saturated heterocycles. The maximum atomic E-state index is 11.5. The summed E-state index contributed by atoms with van der Waals surface area (Å²) >= 11 is 0. The van der Waals surface area contributed by atoms with Gasteiger partial charge in [-0.3, -0.25) is 19.7 Å². The van der Waals surface area contributed by atoms with Crippen LogP contribution in [0.2, 0.25) is 0 Å². The van der Waals surface area contributed by atoms with E-state index < -0.39 is 11.4 Å². The highest BCUT2D eigenvalue weighted by Gasteiger charge is 2.45. The van der Waals surface area contributed by atoms with E-state index in [1.807, 2.05) is 0 Å². The molecule has 1 aliphatic carbocycles. The van der Waals surface area contributed by atoms with Crippen molar-refractivity contribution in [2.75, 3.05) is 18.0 Å². The van der Waals surface area contributed by atoms with Crippen LogP contribution in [0.25, 0.3) is 0 Å². The molecule has 6 nitrogen and oxygen atoms in total. The summed E-state index contributed by atoms with van der Waals surface area (Å²) in [5.41, 5.74) is 0.785. The van der Waals surface area contributed by atoms with Crippen molar-refractivity contribution in [1.29, 1.82) is 0 Å². The molecule has 0 atom stereocenters. The number of nitrogens with one attached hydrogen (secondary N) is 1. The fourth-order valence-electron chi connectivity index (χ4n) is 2.97. The van der Waals surface area contributed by atoms with Crippen LogP contribution in [-0.2, 0) is 19.8 Å². The van der Waals surface area contributed by atoms with E-state index in [0.717, 1.165) is 17.7 Å². The number of imide groups is 1. The van der Waals surface area contributed by atoms with Gasteiger partial charge in [-0.2, -0.15) is 0 Å². The molecule has 1 aromatic rings. The zero-order valence-electron chi connectivity index (χ0n) is 11.5. The van der Waals surface area contributed by atoms with Gasteiger partial charge in [0.2, 0.25) is 11.8 Å². The molecule has 2 fully saturated rings. The average Bonchev–Trinajstić information content (AvgIpc) is 2.36. The summed E-state index contributed by atoms with van der Waals surface area (Å²) in [6.45, 7) is 0.268. The molecule has 110 valence electrons. The van der Waals surface area contributed by atoms with Crippen LogP contribution in [0, 0.1) is 0 Å². The number of piperazine rings is 1. The van der Waals surface area contributed by atoms with E-state index >= 15 is 0 Å². The molecule has 2 aliphatic rings. The van der Waals surface area contributed by atoms with E-state index in [-0.39, 0.29) is 24.9 Å². The van der Waals surface area contributed by atoms with Gasteiger partial charge >= 0.3 is 5.97 Å². The molecule has 1 heterocycles. The largest absolute Gasteiger partial charge is 0.481 e. The van der Waals surface area contributed by atoms with Gasteiger partial charge in [0.15, 0.2) is 0 Å².